The lowest BCUT2D eigenvalue weighted by molar-refractivity contribution is 0.266. The van der Waals surface area contributed by atoms with E-state index >= 15 is 0 Å². The van der Waals surface area contributed by atoms with E-state index in [1.165, 1.54) is 0 Å². The molecule has 0 aliphatic heterocycles. The summed E-state index contributed by atoms with van der Waals surface area (Å²) >= 11 is 0. The minimum Gasteiger partial charge on any atom is -0.390 e. The highest BCUT2D eigenvalue weighted by Gasteiger charge is 2.01. The largest absolute Gasteiger partial charge is 0.390 e. The smallest absolute Gasteiger partial charge is 0.0849 e. The number of aliphatic hydroxyl groups is 1. The Kier molecular flexibility index (Phi) is 3.29. The molecule has 12 heavy (non-hydrogen) atoms. The first-order valence-electron chi connectivity index (χ1n) is 4.35. The number of aromatic nitrogens is 2. The quantitative estimate of drug-likeness (QED) is 0.738. The first-order chi connectivity index (χ1) is 5.74. The summed E-state index contributed by atoms with van der Waals surface area (Å²) in [5, 5.41) is 13.0. The molecule has 0 aromatic carbocycles. The molecule has 0 saturated carbocycles. The van der Waals surface area contributed by atoms with E-state index in [0.717, 1.165) is 18.7 Å². The zero-order chi connectivity index (χ0) is 8.97. The highest BCUT2D eigenvalue weighted by molar-refractivity contribution is 4.98. The van der Waals surface area contributed by atoms with Crippen LogP contribution in [0.15, 0.2) is 12.3 Å². The van der Waals surface area contributed by atoms with Crippen molar-refractivity contribution in [2.45, 2.75) is 33.4 Å². The van der Waals surface area contributed by atoms with Crippen molar-refractivity contribution in [2.24, 2.45) is 5.92 Å². The van der Waals surface area contributed by atoms with E-state index in [1.54, 1.807) is 6.20 Å². The fraction of sp³-hybridized carbons (Fsp3) is 0.667. The summed E-state index contributed by atoms with van der Waals surface area (Å²) in [5.74, 6) is 0.681. The molecule has 0 amide bonds. The number of rotatable bonds is 4. The van der Waals surface area contributed by atoms with Crippen LogP contribution >= 0.6 is 0 Å². The van der Waals surface area contributed by atoms with E-state index in [1.807, 2.05) is 10.7 Å². The Morgan fingerprint density at radius 1 is 1.58 bits per heavy atom. The molecule has 3 heteroatoms. The summed E-state index contributed by atoms with van der Waals surface area (Å²) in [6, 6.07) is 1.85. The normalized spacial score (nSPS) is 11.0. The first kappa shape index (κ1) is 9.26. The molecule has 3 nitrogen and oxygen atoms in total. The van der Waals surface area contributed by atoms with Gasteiger partial charge in [0.1, 0.15) is 0 Å². The standard InChI is InChI=1S/C9H16N2O/c1-8(2)4-6-11-9(7-12)3-5-10-11/h3,5,8,12H,4,6-7H2,1-2H3. The molecule has 0 unspecified atom stereocenters. The minimum absolute atomic E-state index is 0.0814. The van der Waals surface area contributed by atoms with Crippen LogP contribution in [0.5, 0.6) is 0 Å². The molecular weight excluding hydrogens is 152 g/mol. The molecular formula is C9H16N2O. The third-order valence-corrected chi connectivity index (χ3v) is 1.88. The number of aryl methyl sites for hydroxylation is 1. The Labute approximate surface area is 73.0 Å². The van der Waals surface area contributed by atoms with Crippen molar-refractivity contribution in [2.75, 3.05) is 0 Å². The average Bonchev–Trinajstić information content (AvgIpc) is 2.47. The molecule has 0 spiro atoms. The summed E-state index contributed by atoms with van der Waals surface area (Å²) in [7, 11) is 0. The van der Waals surface area contributed by atoms with Crippen LogP contribution in [-0.2, 0) is 13.2 Å². The van der Waals surface area contributed by atoms with E-state index < -0.39 is 0 Å². The van der Waals surface area contributed by atoms with Crippen molar-refractivity contribution in [3.05, 3.63) is 18.0 Å². The predicted octanol–water partition coefficient (Wildman–Crippen LogP) is 1.42. The summed E-state index contributed by atoms with van der Waals surface area (Å²) in [6.45, 7) is 5.35. The van der Waals surface area contributed by atoms with E-state index in [4.69, 9.17) is 5.11 Å². The van der Waals surface area contributed by atoms with Gasteiger partial charge in [-0.1, -0.05) is 13.8 Å². The molecule has 0 radical (unpaired) electrons. The van der Waals surface area contributed by atoms with Gasteiger partial charge in [-0.15, -0.1) is 0 Å². The van der Waals surface area contributed by atoms with Crippen LogP contribution in [0, 0.1) is 5.92 Å². The lowest BCUT2D eigenvalue weighted by atomic mass is 10.1. The Balaban J connectivity index is 2.50. The summed E-state index contributed by atoms with van der Waals surface area (Å²) in [6.07, 6.45) is 2.83. The van der Waals surface area contributed by atoms with E-state index in [-0.39, 0.29) is 6.61 Å². The van der Waals surface area contributed by atoms with E-state index in [2.05, 4.69) is 18.9 Å². The Bertz CT molecular complexity index is 230. The third-order valence-electron chi connectivity index (χ3n) is 1.88. The molecule has 0 bridgehead atoms. The van der Waals surface area contributed by atoms with Crippen LogP contribution in [0.2, 0.25) is 0 Å². The third kappa shape index (κ3) is 2.34. The molecule has 1 heterocycles. The maximum atomic E-state index is 8.91. The molecule has 1 N–H and O–H groups in total. The molecule has 0 aliphatic carbocycles. The van der Waals surface area contributed by atoms with Crippen LogP contribution in [0.25, 0.3) is 0 Å². The van der Waals surface area contributed by atoms with Crippen LogP contribution < -0.4 is 0 Å². The van der Waals surface area contributed by atoms with Crippen molar-refractivity contribution >= 4 is 0 Å². The highest BCUT2D eigenvalue weighted by atomic mass is 16.3. The molecule has 1 aromatic rings. The van der Waals surface area contributed by atoms with Crippen molar-refractivity contribution in [1.82, 2.24) is 9.78 Å². The molecule has 0 atom stereocenters. The monoisotopic (exact) mass is 168 g/mol. The van der Waals surface area contributed by atoms with E-state index in [0.29, 0.717) is 5.92 Å². The van der Waals surface area contributed by atoms with Gasteiger partial charge in [0.25, 0.3) is 0 Å². The van der Waals surface area contributed by atoms with Gasteiger partial charge in [0, 0.05) is 12.7 Å². The molecule has 0 aliphatic rings. The van der Waals surface area contributed by atoms with Crippen molar-refractivity contribution in [3.63, 3.8) is 0 Å². The zero-order valence-corrected chi connectivity index (χ0v) is 7.70. The summed E-state index contributed by atoms with van der Waals surface area (Å²) in [4.78, 5) is 0. The molecule has 68 valence electrons. The number of hydrogen-bond donors (Lipinski definition) is 1. The average molecular weight is 168 g/mol. The SMILES string of the molecule is CC(C)CCn1nccc1CO. The second-order valence-electron chi connectivity index (χ2n) is 3.39. The Morgan fingerprint density at radius 2 is 2.33 bits per heavy atom. The lowest BCUT2D eigenvalue weighted by Gasteiger charge is -2.07. The summed E-state index contributed by atoms with van der Waals surface area (Å²) < 4.78 is 1.86. The topological polar surface area (TPSA) is 38.0 Å². The fourth-order valence-corrected chi connectivity index (χ4v) is 1.08. The fourth-order valence-electron chi connectivity index (χ4n) is 1.08. The van der Waals surface area contributed by atoms with Crippen molar-refractivity contribution in [1.29, 1.82) is 0 Å². The second-order valence-corrected chi connectivity index (χ2v) is 3.39. The molecule has 1 aromatic heterocycles. The molecule has 0 fully saturated rings. The van der Waals surface area contributed by atoms with Gasteiger partial charge >= 0.3 is 0 Å². The van der Waals surface area contributed by atoms with E-state index in [9.17, 15) is 0 Å². The van der Waals surface area contributed by atoms with Crippen LogP contribution in [-0.4, -0.2) is 14.9 Å². The number of aliphatic hydroxyl groups excluding tert-OH is 1. The van der Waals surface area contributed by atoms with Crippen LogP contribution in [0.1, 0.15) is 26.0 Å². The predicted molar refractivity (Wildman–Crippen MR) is 47.6 cm³/mol. The molecule has 1 rings (SSSR count). The van der Waals surface area contributed by atoms with Gasteiger partial charge in [0.15, 0.2) is 0 Å². The molecule has 0 saturated heterocycles. The maximum absolute atomic E-state index is 8.91. The van der Waals surface area contributed by atoms with Gasteiger partial charge < -0.3 is 5.11 Å². The van der Waals surface area contributed by atoms with Crippen molar-refractivity contribution in [3.8, 4) is 0 Å². The second kappa shape index (κ2) is 4.26. The van der Waals surface area contributed by atoms with Crippen LogP contribution in [0.4, 0.5) is 0 Å². The minimum atomic E-state index is 0.0814. The lowest BCUT2D eigenvalue weighted by Crippen LogP contribution is -2.06. The van der Waals surface area contributed by atoms with Gasteiger partial charge in [0.2, 0.25) is 0 Å². The Morgan fingerprint density at radius 3 is 2.92 bits per heavy atom. The van der Waals surface area contributed by atoms with Gasteiger partial charge in [-0.2, -0.15) is 5.10 Å². The van der Waals surface area contributed by atoms with Gasteiger partial charge in [-0.05, 0) is 18.4 Å². The first-order valence-corrected chi connectivity index (χ1v) is 4.35. The highest BCUT2D eigenvalue weighted by Crippen LogP contribution is 2.04. The van der Waals surface area contributed by atoms with Crippen LogP contribution in [0.3, 0.4) is 0 Å². The Hall–Kier alpha value is -0.830. The van der Waals surface area contributed by atoms with Gasteiger partial charge in [-0.3, -0.25) is 4.68 Å². The summed E-state index contributed by atoms with van der Waals surface area (Å²) in [5.41, 5.74) is 0.899. The number of nitrogens with zero attached hydrogens (tertiary/aromatic N) is 2. The zero-order valence-electron chi connectivity index (χ0n) is 7.70. The van der Waals surface area contributed by atoms with Gasteiger partial charge in [-0.25, -0.2) is 0 Å². The number of hydrogen-bond acceptors (Lipinski definition) is 2. The van der Waals surface area contributed by atoms with Crippen molar-refractivity contribution < 1.29 is 5.11 Å². The maximum Gasteiger partial charge on any atom is 0.0849 e. The van der Waals surface area contributed by atoms with Gasteiger partial charge in [0.05, 0.1) is 12.3 Å².